The van der Waals surface area contributed by atoms with Gasteiger partial charge in [0, 0.05) is 25.8 Å². The Labute approximate surface area is 118 Å². The SMILES string of the molecule is CN1CCCc2cc(CNc3ccc(F)nc3)ccc21. The molecule has 0 bridgehead atoms. The van der Waals surface area contributed by atoms with Gasteiger partial charge in [0.1, 0.15) is 0 Å². The second-order valence-electron chi connectivity index (χ2n) is 5.21. The fourth-order valence-electron chi connectivity index (χ4n) is 2.63. The third kappa shape index (κ3) is 2.74. The molecule has 1 aromatic carbocycles. The summed E-state index contributed by atoms with van der Waals surface area (Å²) in [5.41, 5.74) is 4.82. The van der Waals surface area contributed by atoms with Crippen LogP contribution in [-0.4, -0.2) is 18.6 Å². The number of nitrogens with one attached hydrogen (secondary N) is 1. The molecule has 0 fully saturated rings. The summed E-state index contributed by atoms with van der Waals surface area (Å²) in [6, 6.07) is 9.66. The van der Waals surface area contributed by atoms with Crippen LogP contribution in [0.2, 0.25) is 0 Å². The molecule has 0 spiro atoms. The first kappa shape index (κ1) is 12.9. The predicted octanol–water partition coefficient (Wildman–Crippen LogP) is 3.22. The lowest BCUT2D eigenvalue weighted by atomic mass is 9.99. The molecule has 0 unspecified atom stereocenters. The zero-order valence-electron chi connectivity index (χ0n) is 11.6. The number of hydrogen-bond acceptors (Lipinski definition) is 3. The van der Waals surface area contributed by atoms with Crippen molar-refractivity contribution in [3.8, 4) is 0 Å². The van der Waals surface area contributed by atoms with E-state index in [0.717, 1.165) is 25.2 Å². The van der Waals surface area contributed by atoms with E-state index in [9.17, 15) is 4.39 Å². The number of benzene rings is 1. The Morgan fingerprint density at radius 3 is 3.00 bits per heavy atom. The fraction of sp³-hybridized carbons (Fsp3) is 0.312. The van der Waals surface area contributed by atoms with Crippen LogP contribution in [0.25, 0.3) is 0 Å². The monoisotopic (exact) mass is 271 g/mol. The summed E-state index contributed by atoms with van der Waals surface area (Å²) < 4.78 is 12.7. The van der Waals surface area contributed by atoms with E-state index in [1.807, 2.05) is 0 Å². The van der Waals surface area contributed by atoms with Crippen LogP contribution in [0.1, 0.15) is 17.5 Å². The average molecular weight is 271 g/mol. The van der Waals surface area contributed by atoms with Gasteiger partial charge >= 0.3 is 0 Å². The lowest BCUT2D eigenvalue weighted by molar-refractivity contribution is 0.584. The normalized spacial score (nSPS) is 14.0. The Balaban J connectivity index is 1.70. The van der Waals surface area contributed by atoms with Gasteiger partial charge < -0.3 is 10.2 Å². The molecule has 0 saturated heterocycles. The number of aryl methyl sites for hydroxylation is 1. The van der Waals surface area contributed by atoms with E-state index in [1.54, 1.807) is 6.07 Å². The Morgan fingerprint density at radius 1 is 1.30 bits per heavy atom. The van der Waals surface area contributed by atoms with Gasteiger partial charge in [-0.1, -0.05) is 12.1 Å². The lowest BCUT2D eigenvalue weighted by Gasteiger charge is -2.27. The zero-order valence-corrected chi connectivity index (χ0v) is 11.6. The molecule has 3 rings (SSSR count). The van der Waals surface area contributed by atoms with Gasteiger partial charge in [-0.25, -0.2) is 4.98 Å². The van der Waals surface area contributed by atoms with E-state index in [2.05, 4.69) is 40.4 Å². The van der Waals surface area contributed by atoms with Crippen molar-refractivity contribution in [2.75, 3.05) is 23.8 Å². The number of nitrogens with zero attached hydrogens (tertiary/aromatic N) is 2. The summed E-state index contributed by atoms with van der Waals surface area (Å²) in [6.45, 7) is 1.86. The molecular formula is C16H18FN3. The van der Waals surface area contributed by atoms with Gasteiger partial charge in [0.05, 0.1) is 11.9 Å². The zero-order chi connectivity index (χ0) is 13.9. The standard InChI is InChI=1S/C16H18FN3/c1-20-8-2-3-13-9-12(4-6-15(13)20)10-18-14-5-7-16(17)19-11-14/h4-7,9,11,18H,2-3,8,10H2,1H3. The topological polar surface area (TPSA) is 28.2 Å². The maximum absolute atomic E-state index is 12.7. The maximum Gasteiger partial charge on any atom is 0.212 e. The molecule has 0 saturated carbocycles. The molecule has 2 heterocycles. The van der Waals surface area contributed by atoms with Crippen molar-refractivity contribution in [2.24, 2.45) is 0 Å². The van der Waals surface area contributed by atoms with Crippen molar-refractivity contribution in [1.29, 1.82) is 0 Å². The smallest absolute Gasteiger partial charge is 0.212 e. The van der Waals surface area contributed by atoms with Crippen molar-refractivity contribution in [2.45, 2.75) is 19.4 Å². The highest BCUT2D eigenvalue weighted by Crippen LogP contribution is 2.27. The lowest BCUT2D eigenvalue weighted by Crippen LogP contribution is -2.24. The Kier molecular flexibility index (Phi) is 3.54. The molecule has 1 aliphatic rings. The van der Waals surface area contributed by atoms with E-state index in [0.29, 0.717) is 0 Å². The van der Waals surface area contributed by atoms with Crippen LogP contribution in [0.5, 0.6) is 0 Å². The molecule has 0 atom stereocenters. The number of rotatable bonds is 3. The van der Waals surface area contributed by atoms with Crippen molar-refractivity contribution in [3.05, 3.63) is 53.6 Å². The third-order valence-corrected chi connectivity index (χ3v) is 3.72. The van der Waals surface area contributed by atoms with Crippen LogP contribution in [0, 0.1) is 5.95 Å². The average Bonchev–Trinajstić information content (AvgIpc) is 2.47. The molecule has 0 aliphatic carbocycles. The van der Waals surface area contributed by atoms with Gasteiger partial charge in [-0.3, -0.25) is 0 Å². The first-order valence-corrected chi connectivity index (χ1v) is 6.91. The van der Waals surface area contributed by atoms with E-state index in [4.69, 9.17) is 0 Å². The van der Waals surface area contributed by atoms with Gasteiger partial charge in [-0.15, -0.1) is 0 Å². The highest BCUT2D eigenvalue weighted by atomic mass is 19.1. The molecule has 104 valence electrons. The summed E-state index contributed by atoms with van der Waals surface area (Å²) in [5, 5.41) is 3.26. The predicted molar refractivity (Wildman–Crippen MR) is 79.6 cm³/mol. The summed E-state index contributed by atoms with van der Waals surface area (Å²) in [6.07, 6.45) is 3.87. The maximum atomic E-state index is 12.7. The number of pyridine rings is 1. The number of fused-ring (bicyclic) bond motifs is 1. The van der Waals surface area contributed by atoms with Crippen LogP contribution < -0.4 is 10.2 Å². The van der Waals surface area contributed by atoms with Gasteiger partial charge in [0.25, 0.3) is 0 Å². The molecule has 3 nitrogen and oxygen atoms in total. The van der Waals surface area contributed by atoms with Crippen molar-refractivity contribution in [1.82, 2.24) is 4.98 Å². The molecule has 2 aromatic rings. The molecule has 1 aromatic heterocycles. The highest BCUT2D eigenvalue weighted by Gasteiger charge is 2.13. The van der Waals surface area contributed by atoms with E-state index < -0.39 is 5.95 Å². The van der Waals surface area contributed by atoms with Crippen LogP contribution in [0.15, 0.2) is 36.5 Å². The van der Waals surface area contributed by atoms with E-state index >= 15 is 0 Å². The Morgan fingerprint density at radius 2 is 2.20 bits per heavy atom. The highest BCUT2D eigenvalue weighted by molar-refractivity contribution is 5.56. The van der Waals surface area contributed by atoms with Crippen molar-refractivity contribution < 1.29 is 4.39 Å². The Bertz CT molecular complexity index is 595. The van der Waals surface area contributed by atoms with Crippen molar-refractivity contribution >= 4 is 11.4 Å². The Hall–Kier alpha value is -2.10. The van der Waals surface area contributed by atoms with Gasteiger partial charge in [0.15, 0.2) is 0 Å². The van der Waals surface area contributed by atoms with Crippen LogP contribution in [0.3, 0.4) is 0 Å². The van der Waals surface area contributed by atoms with Crippen LogP contribution in [0.4, 0.5) is 15.8 Å². The van der Waals surface area contributed by atoms with Crippen molar-refractivity contribution in [3.63, 3.8) is 0 Å². The van der Waals surface area contributed by atoms with Gasteiger partial charge in [0.2, 0.25) is 5.95 Å². The molecule has 0 amide bonds. The second-order valence-corrected chi connectivity index (χ2v) is 5.21. The molecule has 4 heteroatoms. The quantitative estimate of drug-likeness (QED) is 0.869. The van der Waals surface area contributed by atoms with E-state index in [-0.39, 0.29) is 0 Å². The summed E-state index contributed by atoms with van der Waals surface area (Å²) in [5.74, 6) is -0.452. The number of hydrogen-bond donors (Lipinski definition) is 1. The number of halogens is 1. The van der Waals surface area contributed by atoms with E-state index in [1.165, 1.54) is 35.5 Å². The minimum Gasteiger partial charge on any atom is -0.380 e. The van der Waals surface area contributed by atoms with Crippen LogP contribution >= 0.6 is 0 Å². The molecule has 20 heavy (non-hydrogen) atoms. The third-order valence-electron chi connectivity index (χ3n) is 3.72. The molecule has 1 aliphatic heterocycles. The minimum absolute atomic E-state index is 0.452. The van der Waals surface area contributed by atoms with Gasteiger partial charge in [-0.05, 0) is 42.2 Å². The second kappa shape index (κ2) is 5.49. The number of anilines is 2. The summed E-state index contributed by atoms with van der Waals surface area (Å²) in [7, 11) is 2.14. The molecule has 0 radical (unpaired) electrons. The first-order chi connectivity index (χ1) is 9.72. The van der Waals surface area contributed by atoms with Gasteiger partial charge in [-0.2, -0.15) is 4.39 Å². The summed E-state index contributed by atoms with van der Waals surface area (Å²) >= 11 is 0. The first-order valence-electron chi connectivity index (χ1n) is 6.91. The minimum atomic E-state index is -0.452. The molecular weight excluding hydrogens is 253 g/mol. The fourth-order valence-corrected chi connectivity index (χ4v) is 2.63. The summed E-state index contributed by atoms with van der Waals surface area (Å²) in [4.78, 5) is 5.94. The van der Waals surface area contributed by atoms with Crippen LogP contribution in [-0.2, 0) is 13.0 Å². The molecule has 1 N–H and O–H groups in total. The number of aromatic nitrogens is 1. The largest absolute Gasteiger partial charge is 0.380 e.